The van der Waals surface area contributed by atoms with Gasteiger partial charge in [0.2, 0.25) is 0 Å². The van der Waals surface area contributed by atoms with Crippen LogP contribution in [0, 0.1) is 0 Å². The lowest BCUT2D eigenvalue weighted by molar-refractivity contribution is 0.113. The van der Waals surface area contributed by atoms with Crippen LogP contribution in [0.2, 0.25) is 0 Å². The van der Waals surface area contributed by atoms with Gasteiger partial charge in [0, 0.05) is 18.9 Å². The molecular weight excluding hydrogens is 150 g/mol. The number of hydrogen-bond donors (Lipinski definition) is 1. The van der Waals surface area contributed by atoms with Crippen molar-refractivity contribution in [3.63, 3.8) is 0 Å². The largest absolute Gasteiger partial charge is 0.353 e. The predicted molar refractivity (Wildman–Crippen MR) is 38.3 cm³/mol. The molecule has 4 heteroatoms. The fourth-order valence-electron chi connectivity index (χ4n) is 0.950. The highest BCUT2D eigenvalue weighted by atomic mass is 19.3. The van der Waals surface area contributed by atoms with E-state index >= 15 is 0 Å². The van der Waals surface area contributed by atoms with Crippen molar-refractivity contribution in [1.82, 2.24) is 4.57 Å². The van der Waals surface area contributed by atoms with Crippen molar-refractivity contribution in [1.29, 1.82) is 0 Å². The molecule has 0 spiro atoms. The van der Waals surface area contributed by atoms with Gasteiger partial charge in [-0.15, -0.1) is 0 Å². The summed E-state index contributed by atoms with van der Waals surface area (Å²) in [4.78, 5) is 0. The van der Waals surface area contributed by atoms with Crippen LogP contribution >= 0.6 is 0 Å². The molecule has 0 aromatic carbocycles. The van der Waals surface area contributed by atoms with Crippen LogP contribution in [0.5, 0.6) is 0 Å². The molecule has 1 rings (SSSR count). The summed E-state index contributed by atoms with van der Waals surface area (Å²) in [6.07, 6.45) is -0.805. The number of nitrogens with zero attached hydrogens (tertiary/aromatic N) is 1. The minimum Gasteiger partial charge on any atom is -0.353 e. The Morgan fingerprint density at radius 1 is 1.55 bits per heavy atom. The third-order valence-corrected chi connectivity index (χ3v) is 1.60. The van der Waals surface area contributed by atoms with Crippen LogP contribution in [-0.2, 0) is 7.05 Å². The van der Waals surface area contributed by atoms with Crippen LogP contribution < -0.4 is 5.73 Å². The Morgan fingerprint density at radius 2 is 2.18 bits per heavy atom. The first-order valence-corrected chi connectivity index (χ1v) is 3.28. The van der Waals surface area contributed by atoms with Crippen molar-refractivity contribution in [3.05, 3.63) is 24.0 Å². The Hall–Kier alpha value is -0.900. The van der Waals surface area contributed by atoms with Gasteiger partial charge in [0.1, 0.15) is 6.04 Å². The normalized spacial score (nSPS) is 13.9. The van der Waals surface area contributed by atoms with E-state index in [0.717, 1.165) is 0 Å². The molecule has 2 nitrogen and oxygen atoms in total. The summed E-state index contributed by atoms with van der Waals surface area (Å²) in [5.74, 6) is 0. The average Bonchev–Trinajstić information content (AvgIpc) is 2.33. The second-order valence-corrected chi connectivity index (χ2v) is 2.40. The number of nitrogens with two attached hydrogens (primary N) is 1. The highest BCUT2D eigenvalue weighted by Crippen LogP contribution is 2.16. The monoisotopic (exact) mass is 160 g/mol. The molecule has 0 amide bonds. The van der Waals surface area contributed by atoms with E-state index < -0.39 is 12.5 Å². The fourth-order valence-corrected chi connectivity index (χ4v) is 0.950. The quantitative estimate of drug-likeness (QED) is 0.694. The molecule has 2 N–H and O–H groups in total. The van der Waals surface area contributed by atoms with Gasteiger partial charge >= 0.3 is 0 Å². The summed E-state index contributed by atoms with van der Waals surface area (Å²) in [6, 6.07) is 2.11. The number of rotatable bonds is 2. The number of hydrogen-bond acceptors (Lipinski definition) is 1. The standard InChI is InChI=1S/C7H10F2N2/c1-11-4-2-3-5(11)6(10)7(8)9/h2-4,6-7H,10H2,1H3. The molecule has 0 aliphatic carbocycles. The molecule has 62 valence electrons. The Morgan fingerprint density at radius 3 is 2.55 bits per heavy atom. The summed E-state index contributed by atoms with van der Waals surface area (Å²) in [7, 11) is 1.69. The van der Waals surface area contributed by atoms with E-state index in [9.17, 15) is 8.78 Å². The van der Waals surface area contributed by atoms with E-state index in [1.165, 1.54) is 0 Å². The van der Waals surface area contributed by atoms with Crippen molar-refractivity contribution in [2.45, 2.75) is 12.5 Å². The van der Waals surface area contributed by atoms with Gasteiger partial charge in [-0.1, -0.05) is 0 Å². The van der Waals surface area contributed by atoms with Gasteiger partial charge in [0.05, 0.1) is 0 Å². The first kappa shape index (κ1) is 8.20. The molecule has 0 aliphatic heterocycles. The smallest absolute Gasteiger partial charge is 0.259 e. The van der Waals surface area contributed by atoms with Gasteiger partial charge in [0.15, 0.2) is 0 Å². The van der Waals surface area contributed by atoms with Gasteiger partial charge in [-0.2, -0.15) is 0 Å². The molecule has 0 bridgehead atoms. The van der Waals surface area contributed by atoms with Crippen LogP contribution in [0.25, 0.3) is 0 Å². The highest BCUT2D eigenvalue weighted by molar-refractivity contribution is 5.11. The van der Waals surface area contributed by atoms with Gasteiger partial charge in [-0.25, -0.2) is 8.78 Å². The van der Waals surface area contributed by atoms with Gasteiger partial charge < -0.3 is 10.3 Å². The topological polar surface area (TPSA) is 30.9 Å². The third kappa shape index (κ3) is 1.57. The van der Waals surface area contributed by atoms with Crippen LogP contribution in [-0.4, -0.2) is 11.0 Å². The molecule has 1 aromatic heterocycles. The summed E-state index contributed by atoms with van der Waals surface area (Å²) in [5.41, 5.74) is 5.67. The summed E-state index contributed by atoms with van der Waals surface area (Å²) >= 11 is 0. The molecule has 0 radical (unpaired) electrons. The van der Waals surface area contributed by atoms with E-state index in [-0.39, 0.29) is 0 Å². The maximum atomic E-state index is 12.0. The number of aromatic nitrogens is 1. The molecule has 1 heterocycles. The fraction of sp³-hybridized carbons (Fsp3) is 0.429. The molecule has 0 fully saturated rings. The highest BCUT2D eigenvalue weighted by Gasteiger charge is 2.18. The molecule has 1 atom stereocenters. The number of alkyl halides is 2. The van der Waals surface area contributed by atoms with Crippen molar-refractivity contribution < 1.29 is 8.78 Å². The molecule has 1 unspecified atom stereocenters. The van der Waals surface area contributed by atoms with E-state index in [1.54, 1.807) is 29.9 Å². The van der Waals surface area contributed by atoms with Crippen LogP contribution in [0.15, 0.2) is 18.3 Å². The first-order chi connectivity index (χ1) is 5.13. The SMILES string of the molecule is Cn1cccc1C(N)C(F)F. The maximum absolute atomic E-state index is 12.0. The zero-order valence-electron chi connectivity index (χ0n) is 6.17. The van der Waals surface area contributed by atoms with Gasteiger partial charge in [0.25, 0.3) is 6.43 Å². The number of aryl methyl sites for hydroxylation is 1. The Bertz CT molecular complexity index is 232. The van der Waals surface area contributed by atoms with Crippen molar-refractivity contribution in [2.75, 3.05) is 0 Å². The van der Waals surface area contributed by atoms with Crippen molar-refractivity contribution in [2.24, 2.45) is 12.8 Å². The summed E-state index contributed by atoms with van der Waals surface area (Å²) < 4.78 is 25.7. The first-order valence-electron chi connectivity index (χ1n) is 3.28. The molecule has 0 saturated carbocycles. The molecule has 1 aromatic rings. The van der Waals surface area contributed by atoms with E-state index in [1.807, 2.05) is 0 Å². The van der Waals surface area contributed by atoms with E-state index in [4.69, 9.17) is 5.73 Å². The van der Waals surface area contributed by atoms with E-state index in [2.05, 4.69) is 0 Å². The maximum Gasteiger partial charge on any atom is 0.259 e. The average molecular weight is 160 g/mol. The molecule has 0 aliphatic rings. The van der Waals surface area contributed by atoms with Gasteiger partial charge in [-0.3, -0.25) is 0 Å². The van der Waals surface area contributed by atoms with Crippen molar-refractivity contribution in [3.8, 4) is 0 Å². The van der Waals surface area contributed by atoms with Crippen LogP contribution in [0.4, 0.5) is 8.78 Å². The Kier molecular flexibility index (Phi) is 2.24. The lowest BCUT2D eigenvalue weighted by Gasteiger charge is -2.10. The van der Waals surface area contributed by atoms with E-state index in [0.29, 0.717) is 5.69 Å². The lowest BCUT2D eigenvalue weighted by Crippen LogP contribution is -2.21. The second-order valence-electron chi connectivity index (χ2n) is 2.40. The zero-order chi connectivity index (χ0) is 8.43. The minimum absolute atomic E-state index is 0.458. The molecule has 0 saturated heterocycles. The Labute approximate surface area is 63.6 Å². The zero-order valence-corrected chi connectivity index (χ0v) is 6.17. The summed E-state index contributed by atoms with van der Waals surface area (Å²) in [5, 5.41) is 0. The lowest BCUT2D eigenvalue weighted by atomic mass is 10.2. The van der Waals surface area contributed by atoms with Gasteiger partial charge in [-0.05, 0) is 12.1 Å². The molecular formula is C7H10F2N2. The summed E-state index contributed by atoms with van der Waals surface area (Å²) in [6.45, 7) is 0. The van der Waals surface area contributed by atoms with Crippen LogP contribution in [0.3, 0.4) is 0 Å². The third-order valence-electron chi connectivity index (χ3n) is 1.60. The van der Waals surface area contributed by atoms with Crippen molar-refractivity contribution >= 4 is 0 Å². The Balaban J connectivity index is 2.84. The second kappa shape index (κ2) is 3.00. The minimum atomic E-state index is -2.50. The predicted octanol–water partition coefficient (Wildman–Crippen LogP) is 1.29. The molecule has 11 heavy (non-hydrogen) atoms. The number of halogens is 2. The van der Waals surface area contributed by atoms with Crippen LogP contribution in [0.1, 0.15) is 11.7 Å².